The first-order valence-electron chi connectivity index (χ1n) is 6.32. The van der Waals surface area contributed by atoms with Gasteiger partial charge in [-0.05, 0) is 19.3 Å². The number of nitrogens with one attached hydrogen (secondary N) is 1. The Hall–Kier alpha value is -2.05. The number of carboxylic acids is 1. The average molecular weight is 264 g/mol. The van der Waals surface area contributed by atoms with Crippen LogP contribution in [0.1, 0.15) is 31.7 Å². The number of hydrogen-bond donors (Lipinski definition) is 2. The second kappa shape index (κ2) is 5.29. The van der Waals surface area contributed by atoms with Crippen LogP contribution in [0, 0.1) is 11.8 Å². The third kappa shape index (κ3) is 2.86. The number of carbonyl (C=O) groups is 2. The number of nitrogens with zero attached hydrogens (tertiary/aromatic N) is 3. The number of aromatic nitrogens is 3. The van der Waals surface area contributed by atoms with E-state index in [0.717, 1.165) is 17.8 Å². The maximum atomic E-state index is 11.8. The molecule has 0 radical (unpaired) electrons. The summed E-state index contributed by atoms with van der Waals surface area (Å²) in [5.41, 5.74) is 1.62. The largest absolute Gasteiger partial charge is 0.481 e. The minimum atomic E-state index is -0.935. The van der Waals surface area contributed by atoms with Crippen molar-refractivity contribution in [2.24, 2.45) is 11.8 Å². The topological polar surface area (TPSA) is 105 Å². The first-order chi connectivity index (χ1) is 9.06. The van der Waals surface area contributed by atoms with Crippen molar-refractivity contribution in [3.05, 3.63) is 11.4 Å². The lowest BCUT2D eigenvalue weighted by molar-refractivity contribution is -0.139. The van der Waals surface area contributed by atoms with Crippen molar-refractivity contribution < 1.29 is 14.7 Å². The van der Waals surface area contributed by atoms with Crippen LogP contribution in [0.3, 0.4) is 0 Å². The predicted octanol–water partition coefficient (Wildman–Crippen LogP) is 0.656. The molecule has 1 fully saturated rings. The SMILES string of the molecule is CCc1nnc(NC(=O)[C@@H]2C[C@@H]2C(=O)O)nc1CC. The van der Waals surface area contributed by atoms with Crippen LogP contribution >= 0.6 is 0 Å². The quantitative estimate of drug-likeness (QED) is 0.809. The Balaban J connectivity index is 2.04. The number of carboxylic acid groups (broad SMARTS) is 1. The van der Waals surface area contributed by atoms with Crippen LogP contribution in [-0.2, 0) is 22.4 Å². The maximum Gasteiger partial charge on any atom is 0.307 e. The molecule has 0 bridgehead atoms. The number of rotatable bonds is 5. The van der Waals surface area contributed by atoms with Gasteiger partial charge in [0, 0.05) is 0 Å². The number of aryl methyl sites for hydroxylation is 2. The Morgan fingerprint density at radius 3 is 2.42 bits per heavy atom. The van der Waals surface area contributed by atoms with Gasteiger partial charge >= 0.3 is 5.97 Å². The molecule has 7 nitrogen and oxygen atoms in total. The fourth-order valence-electron chi connectivity index (χ4n) is 1.95. The van der Waals surface area contributed by atoms with Gasteiger partial charge in [-0.25, -0.2) is 4.98 Å². The highest BCUT2D eigenvalue weighted by atomic mass is 16.4. The van der Waals surface area contributed by atoms with Gasteiger partial charge in [0.25, 0.3) is 0 Å². The lowest BCUT2D eigenvalue weighted by Gasteiger charge is -2.06. The molecule has 1 heterocycles. The van der Waals surface area contributed by atoms with E-state index in [-0.39, 0.29) is 11.9 Å². The molecule has 0 spiro atoms. The molecule has 1 saturated carbocycles. The molecular weight excluding hydrogens is 248 g/mol. The van der Waals surface area contributed by atoms with Gasteiger partial charge in [-0.2, -0.15) is 0 Å². The van der Waals surface area contributed by atoms with Gasteiger partial charge < -0.3 is 5.11 Å². The van der Waals surface area contributed by atoms with E-state index in [1.54, 1.807) is 0 Å². The first-order valence-corrected chi connectivity index (χ1v) is 6.32. The van der Waals surface area contributed by atoms with Crippen molar-refractivity contribution in [3.63, 3.8) is 0 Å². The zero-order chi connectivity index (χ0) is 14.0. The Morgan fingerprint density at radius 2 is 1.89 bits per heavy atom. The van der Waals surface area contributed by atoms with Gasteiger partial charge in [-0.1, -0.05) is 13.8 Å². The zero-order valence-electron chi connectivity index (χ0n) is 10.9. The fraction of sp³-hybridized carbons (Fsp3) is 0.583. The van der Waals surface area contributed by atoms with E-state index in [0.29, 0.717) is 12.8 Å². The predicted molar refractivity (Wildman–Crippen MR) is 66.4 cm³/mol. The van der Waals surface area contributed by atoms with Crippen molar-refractivity contribution in [2.75, 3.05) is 5.32 Å². The Bertz CT molecular complexity index is 518. The molecule has 0 saturated heterocycles. The third-order valence-corrected chi connectivity index (χ3v) is 3.19. The summed E-state index contributed by atoms with van der Waals surface area (Å²) in [5.74, 6) is -2.18. The maximum absolute atomic E-state index is 11.8. The monoisotopic (exact) mass is 264 g/mol. The molecule has 0 unspecified atom stereocenters. The number of amides is 1. The van der Waals surface area contributed by atoms with Crippen LogP contribution < -0.4 is 5.32 Å². The Morgan fingerprint density at radius 1 is 1.21 bits per heavy atom. The Labute approximate surface area is 110 Å². The summed E-state index contributed by atoms with van der Waals surface area (Å²) in [6.45, 7) is 3.92. The number of carbonyl (C=O) groups excluding carboxylic acids is 1. The van der Waals surface area contributed by atoms with Crippen molar-refractivity contribution in [3.8, 4) is 0 Å². The molecule has 0 aliphatic heterocycles. The van der Waals surface area contributed by atoms with E-state index in [1.165, 1.54) is 0 Å². The lowest BCUT2D eigenvalue weighted by atomic mass is 10.2. The summed E-state index contributed by atoms with van der Waals surface area (Å²) in [6.07, 6.45) is 1.83. The summed E-state index contributed by atoms with van der Waals surface area (Å²) >= 11 is 0. The molecule has 1 aliphatic carbocycles. The molecular formula is C12H16N4O3. The van der Waals surface area contributed by atoms with Crippen molar-refractivity contribution in [1.82, 2.24) is 15.2 Å². The van der Waals surface area contributed by atoms with E-state index in [4.69, 9.17) is 5.11 Å². The van der Waals surface area contributed by atoms with E-state index >= 15 is 0 Å². The molecule has 19 heavy (non-hydrogen) atoms. The summed E-state index contributed by atoms with van der Waals surface area (Å²) in [7, 11) is 0. The third-order valence-electron chi connectivity index (χ3n) is 3.19. The second-order valence-electron chi connectivity index (χ2n) is 4.51. The van der Waals surface area contributed by atoms with Crippen molar-refractivity contribution in [1.29, 1.82) is 0 Å². The molecule has 2 N–H and O–H groups in total. The molecule has 1 amide bonds. The summed E-state index contributed by atoms with van der Waals surface area (Å²) in [5, 5.41) is 19.1. The standard InChI is InChI=1S/C12H16N4O3/c1-3-8-9(4-2)15-16-12(13-8)14-10(17)6-5-7(6)11(18)19/h6-7H,3-5H2,1-2H3,(H,18,19)(H,13,14,16,17)/t6-,7+/m1/s1. The molecule has 0 aromatic carbocycles. The van der Waals surface area contributed by atoms with Gasteiger partial charge in [-0.15, -0.1) is 10.2 Å². The molecule has 2 atom stereocenters. The van der Waals surface area contributed by atoms with Crippen LogP contribution in [0.15, 0.2) is 0 Å². The highest BCUT2D eigenvalue weighted by molar-refractivity contribution is 5.97. The van der Waals surface area contributed by atoms with Crippen molar-refractivity contribution in [2.45, 2.75) is 33.1 Å². The molecule has 1 aromatic rings. The molecule has 2 rings (SSSR count). The number of aliphatic carboxylic acids is 1. The van der Waals surface area contributed by atoms with E-state index in [1.807, 2.05) is 13.8 Å². The van der Waals surface area contributed by atoms with E-state index in [9.17, 15) is 9.59 Å². The zero-order valence-corrected chi connectivity index (χ0v) is 10.9. The summed E-state index contributed by atoms with van der Waals surface area (Å²) in [4.78, 5) is 26.7. The van der Waals surface area contributed by atoms with Crippen LogP contribution in [0.5, 0.6) is 0 Å². The Kier molecular flexibility index (Phi) is 3.73. The van der Waals surface area contributed by atoms with Gasteiger partial charge in [0.15, 0.2) is 0 Å². The van der Waals surface area contributed by atoms with E-state index < -0.39 is 17.8 Å². The molecule has 102 valence electrons. The van der Waals surface area contributed by atoms with Gasteiger partial charge in [-0.3, -0.25) is 14.9 Å². The minimum Gasteiger partial charge on any atom is -0.481 e. The van der Waals surface area contributed by atoms with Gasteiger partial charge in [0.05, 0.1) is 23.2 Å². The minimum absolute atomic E-state index is 0.148. The lowest BCUT2D eigenvalue weighted by Crippen LogP contribution is -2.19. The number of anilines is 1. The smallest absolute Gasteiger partial charge is 0.307 e. The second-order valence-corrected chi connectivity index (χ2v) is 4.51. The first kappa shape index (κ1) is 13.4. The fourth-order valence-corrected chi connectivity index (χ4v) is 1.95. The average Bonchev–Trinajstić information content (AvgIpc) is 3.19. The highest BCUT2D eigenvalue weighted by Gasteiger charge is 2.48. The van der Waals surface area contributed by atoms with E-state index in [2.05, 4.69) is 20.5 Å². The highest BCUT2D eigenvalue weighted by Crippen LogP contribution is 2.39. The molecule has 1 aromatic heterocycles. The van der Waals surface area contributed by atoms with Crippen LogP contribution in [0.4, 0.5) is 5.95 Å². The van der Waals surface area contributed by atoms with Crippen LogP contribution in [0.2, 0.25) is 0 Å². The number of hydrogen-bond acceptors (Lipinski definition) is 5. The van der Waals surface area contributed by atoms with Crippen LogP contribution in [0.25, 0.3) is 0 Å². The summed E-state index contributed by atoms with van der Waals surface area (Å²) < 4.78 is 0. The summed E-state index contributed by atoms with van der Waals surface area (Å²) in [6, 6.07) is 0. The molecule has 1 aliphatic rings. The van der Waals surface area contributed by atoms with Gasteiger partial charge in [0.2, 0.25) is 11.9 Å². The normalized spacial score (nSPS) is 20.9. The molecule has 7 heteroatoms. The van der Waals surface area contributed by atoms with Crippen LogP contribution in [-0.4, -0.2) is 32.2 Å². The van der Waals surface area contributed by atoms with Crippen molar-refractivity contribution >= 4 is 17.8 Å². The van der Waals surface area contributed by atoms with Gasteiger partial charge in [0.1, 0.15) is 0 Å².